The number of fused-ring (bicyclic) bond motifs is 1. The van der Waals surface area contributed by atoms with E-state index in [1.165, 1.54) is 28.7 Å². The van der Waals surface area contributed by atoms with E-state index in [4.69, 9.17) is 4.98 Å². The Hall–Kier alpha value is -3.50. The van der Waals surface area contributed by atoms with Gasteiger partial charge < -0.3 is 10.1 Å². The molecule has 0 atom stereocenters. The van der Waals surface area contributed by atoms with E-state index < -0.39 is 0 Å². The molecular formula is C22H18N6O2S2. The van der Waals surface area contributed by atoms with Crippen molar-refractivity contribution >= 4 is 33.3 Å². The largest absolute Gasteiger partial charge is 0.508 e. The number of tetrazole rings is 1. The Morgan fingerprint density at radius 3 is 2.59 bits per heavy atom. The molecule has 5 aromatic rings. The van der Waals surface area contributed by atoms with Crippen molar-refractivity contribution in [2.24, 2.45) is 0 Å². The lowest BCUT2D eigenvalue weighted by Gasteiger charge is -2.05. The lowest BCUT2D eigenvalue weighted by Crippen LogP contribution is -2.11. The Bertz CT molecular complexity index is 1470. The first-order valence-corrected chi connectivity index (χ1v) is 11.6. The molecular weight excluding hydrogens is 444 g/mol. The summed E-state index contributed by atoms with van der Waals surface area (Å²) in [5.41, 5.74) is 3.70. The van der Waals surface area contributed by atoms with E-state index in [1.54, 1.807) is 28.9 Å². The van der Waals surface area contributed by atoms with Crippen molar-refractivity contribution < 1.29 is 5.11 Å². The summed E-state index contributed by atoms with van der Waals surface area (Å²) in [7, 11) is 0. The third kappa shape index (κ3) is 3.78. The van der Waals surface area contributed by atoms with Gasteiger partial charge in [0, 0.05) is 10.4 Å². The van der Waals surface area contributed by atoms with Crippen LogP contribution in [0.25, 0.3) is 27.0 Å². The van der Waals surface area contributed by atoms with Gasteiger partial charge >= 0.3 is 0 Å². The van der Waals surface area contributed by atoms with Crippen molar-refractivity contribution in [3.05, 3.63) is 75.1 Å². The number of aromatic amines is 1. The molecule has 3 aromatic heterocycles. The fraction of sp³-hybridized carbons (Fsp3) is 0.136. The summed E-state index contributed by atoms with van der Waals surface area (Å²) in [5, 5.41) is 22.5. The highest BCUT2D eigenvalue weighted by molar-refractivity contribution is 7.98. The zero-order valence-electron chi connectivity index (χ0n) is 17.2. The van der Waals surface area contributed by atoms with Crippen LogP contribution in [0.15, 0.2) is 58.5 Å². The van der Waals surface area contributed by atoms with Crippen LogP contribution in [-0.2, 0) is 5.75 Å². The number of nitrogens with zero attached hydrogens (tertiary/aromatic N) is 5. The molecule has 0 amide bonds. The number of aryl methyl sites for hydroxylation is 2. The number of benzene rings is 2. The van der Waals surface area contributed by atoms with E-state index >= 15 is 0 Å². The molecule has 2 N–H and O–H groups in total. The van der Waals surface area contributed by atoms with Gasteiger partial charge in [0.1, 0.15) is 16.4 Å². The smallest absolute Gasteiger partial charge is 0.260 e. The molecule has 0 unspecified atom stereocenters. The van der Waals surface area contributed by atoms with Crippen molar-refractivity contribution in [1.82, 2.24) is 30.2 Å². The van der Waals surface area contributed by atoms with Gasteiger partial charge in [-0.2, -0.15) is 4.68 Å². The monoisotopic (exact) mass is 462 g/mol. The number of aromatic hydroxyl groups is 1. The van der Waals surface area contributed by atoms with E-state index in [-0.39, 0.29) is 11.3 Å². The molecule has 8 nitrogen and oxygen atoms in total. The second-order valence-corrected chi connectivity index (χ2v) is 9.42. The summed E-state index contributed by atoms with van der Waals surface area (Å²) in [6.45, 7) is 4.06. The number of hydrogen-bond acceptors (Lipinski definition) is 8. The predicted octanol–water partition coefficient (Wildman–Crippen LogP) is 4.24. The summed E-state index contributed by atoms with van der Waals surface area (Å²) in [4.78, 5) is 22.4. The van der Waals surface area contributed by atoms with Gasteiger partial charge in [-0.1, -0.05) is 41.6 Å². The Balaban J connectivity index is 1.45. The van der Waals surface area contributed by atoms with E-state index in [9.17, 15) is 9.90 Å². The molecule has 0 saturated carbocycles. The third-order valence-corrected chi connectivity index (χ3v) is 6.93. The van der Waals surface area contributed by atoms with Gasteiger partial charge in [0.25, 0.3) is 5.56 Å². The van der Waals surface area contributed by atoms with Crippen LogP contribution in [0.5, 0.6) is 5.75 Å². The van der Waals surface area contributed by atoms with Gasteiger partial charge in [-0.15, -0.1) is 16.4 Å². The molecule has 0 radical (unpaired) electrons. The summed E-state index contributed by atoms with van der Waals surface area (Å²) < 4.78 is 1.57. The highest BCUT2D eigenvalue weighted by Gasteiger charge is 2.17. The van der Waals surface area contributed by atoms with E-state index in [2.05, 4.69) is 20.5 Å². The number of phenolic OH excluding ortho intramolecular Hbond substituents is 1. The van der Waals surface area contributed by atoms with Crippen LogP contribution in [0.3, 0.4) is 0 Å². The zero-order valence-corrected chi connectivity index (χ0v) is 18.9. The molecule has 10 heteroatoms. The summed E-state index contributed by atoms with van der Waals surface area (Å²) in [6.07, 6.45) is 0. The van der Waals surface area contributed by atoms with Crippen LogP contribution in [0.1, 0.15) is 16.3 Å². The predicted molar refractivity (Wildman–Crippen MR) is 126 cm³/mol. The van der Waals surface area contributed by atoms with Crippen molar-refractivity contribution in [2.45, 2.75) is 24.8 Å². The molecule has 0 aliphatic heterocycles. The van der Waals surface area contributed by atoms with E-state index in [0.29, 0.717) is 22.1 Å². The molecule has 160 valence electrons. The second-order valence-electron chi connectivity index (χ2n) is 7.27. The quantitative estimate of drug-likeness (QED) is 0.376. The molecule has 0 aliphatic rings. The number of aromatic nitrogens is 6. The van der Waals surface area contributed by atoms with Crippen LogP contribution >= 0.6 is 23.1 Å². The maximum absolute atomic E-state index is 13.0. The first-order valence-electron chi connectivity index (χ1n) is 9.79. The van der Waals surface area contributed by atoms with Crippen molar-refractivity contribution in [3.63, 3.8) is 0 Å². The van der Waals surface area contributed by atoms with E-state index in [1.807, 2.05) is 38.1 Å². The topological polar surface area (TPSA) is 110 Å². The lowest BCUT2D eigenvalue weighted by molar-refractivity contribution is 0.475. The molecule has 3 heterocycles. The first-order chi connectivity index (χ1) is 15.5. The van der Waals surface area contributed by atoms with E-state index in [0.717, 1.165) is 26.5 Å². The van der Waals surface area contributed by atoms with Gasteiger partial charge in [0.15, 0.2) is 0 Å². The lowest BCUT2D eigenvalue weighted by atomic mass is 10.0. The van der Waals surface area contributed by atoms with Gasteiger partial charge in [0.05, 0.1) is 16.8 Å². The maximum atomic E-state index is 13.0. The molecule has 0 fully saturated rings. The molecule has 5 rings (SSSR count). The van der Waals surface area contributed by atoms with Crippen LogP contribution in [0.4, 0.5) is 0 Å². The first kappa shape index (κ1) is 20.4. The van der Waals surface area contributed by atoms with Crippen molar-refractivity contribution in [1.29, 1.82) is 0 Å². The Labute approximate surface area is 191 Å². The number of H-pyrrole nitrogens is 1. The normalized spacial score (nSPS) is 11.3. The number of phenols is 1. The number of hydrogen-bond donors (Lipinski definition) is 2. The molecule has 0 spiro atoms. The number of nitrogens with one attached hydrogen (secondary N) is 1. The Kier molecular flexibility index (Phi) is 5.24. The fourth-order valence-electron chi connectivity index (χ4n) is 3.46. The van der Waals surface area contributed by atoms with Crippen LogP contribution in [0.2, 0.25) is 0 Å². The van der Waals surface area contributed by atoms with Crippen molar-refractivity contribution in [3.8, 4) is 22.6 Å². The number of thiophene rings is 1. The molecule has 32 heavy (non-hydrogen) atoms. The van der Waals surface area contributed by atoms with Crippen molar-refractivity contribution in [2.75, 3.05) is 0 Å². The Morgan fingerprint density at radius 2 is 1.84 bits per heavy atom. The minimum Gasteiger partial charge on any atom is -0.508 e. The van der Waals surface area contributed by atoms with Gasteiger partial charge in [-0.3, -0.25) is 4.79 Å². The SMILES string of the molecule is Cc1ccc(-c2c(C)sc3nc(CSc4nnnn4-c4ccc(O)cc4)[nH]c(=O)c23)cc1. The number of thioether (sulfide) groups is 1. The number of rotatable bonds is 5. The van der Waals surface area contributed by atoms with Crippen LogP contribution < -0.4 is 5.56 Å². The summed E-state index contributed by atoms with van der Waals surface area (Å²) >= 11 is 2.89. The second kappa shape index (κ2) is 8.21. The maximum Gasteiger partial charge on any atom is 0.260 e. The zero-order chi connectivity index (χ0) is 22.2. The summed E-state index contributed by atoms with van der Waals surface area (Å²) in [5.74, 6) is 1.13. The molecule has 0 saturated heterocycles. The Morgan fingerprint density at radius 1 is 1.09 bits per heavy atom. The molecule has 0 bridgehead atoms. The van der Waals surface area contributed by atoms with Crippen LogP contribution in [-0.4, -0.2) is 35.3 Å². The highest BCUT2D eigenvalue weighted by atomic mass is 32.2. The minimum atomic E-state index is -0.149. The minimum absolute atomic E-state index is 0.149. The molecule has 2 aromatic carbocycles. The van der Waals surface area contributed by atoms with Gasteiger partial charge in [-0.05, 0) is 54.1 Å². The average molecular weight is 463 g/mol. The van der Waals surface area contributed by atoms with Crippen LogP contribution in [0, 0.1) is 13.8 Å². The fourth-order valence-corrected chi connectivity index (χ4v) is 5.28. The molecule has 0 aliphatic carbocycles. The van der Waals surface area contributed by atoms with Gasteiger partial charge in [-0.25, -0.2) is 4.98 Å². The highest BCUT2D eigenvalue weighted by Crippen LogP contribution is 2.36. The van der Waals surface area contributed by atoms with Gasteiger partial charge in [0.2, 0.25) is 5.16 Å². The third-order valence-electron chi connectivity index (χ3n) is 5.00. The summed E-state index contributed by atoms with van der Waals surface area (Å²) in [6, 6.07) is 14.8. The standard InChI is InChI=1S/C22H18N6O2S2/c1-12-3-5-14(6-4-12)18-13(2)32-21-19(18)20(30)23-17(24-21)11-31-22-25-26-27-28(22)15-7-9-16(29)10-8-15/h3-10,29H,11H2,1-2H3,(H,23,24,30). The average Bonchev–Trinajstić information content (AvgIpc) is 3.37.